The van der Waals surface area contributed by atoms with Gasteiger partial charge in [0.15, 0.2) is 5.78 Å². The van der Waals surface area contributed by atoms with Gasteiger partial charge in [0, 0.05) is 24.2 Å². The maximum Gasteiger partial charge on any atom is 0.243 e. The lowest BCUT2D eigenvalue weighted by Crippen LogP contribution is -2.32. The number of carbonyl (C=O) groups excluding carboxylic acids is 1. The number of ether oxygens (including phenoxy) is 2. The van der Waals surface area contributed by atoms with Crippen molar-refractivity contribution in [1.82, 2.24) is 4.31 Å². The Morgan fingerprint density at radius 3 is 2.45 bits per heavy atom. The molecule has 0 N–H and O–H groups in total. The number of benzene rings is 3. The largest absolute Gasteiger partial charge is 0.492 e. The summed E-state index contributed by atoms with van der Waals surface area (Å²) < 4.78 is 52.6. The Hall–Kier alpha value is -3.07. The number of sulfonamides is 1. The monoisotopic (exact) mass is 469 g/mol. The predicted molar refractivity (Wildman–Crippen MR) is 121 cm³/mol. The molecule has 0 saturated carbocycles. The van der Waals surface area contributed by atoms with Crippen molar-refractivity contribution in [3.63, 3.8) is 0 Å². The van der Waals surface area contributed by atoms with Crippen LogP contribution in [0.1, 0.15) is 34.0 Å². The van der Waals surface area contributed by atoms with Crippen LogP contribution in [0.15, 0.2) is 71.6 Å². The van der Waals surface area contributed by atoms with Crippen LogP contribution in [0, 0.1) is 5.82 Å². The summed E-state index contributed by atoms with van der Waals surface area (Å²) in [6.07, 6.45) is 0. The number of rotatable bonds is 7. The maximum absolute atomic E-state index is 13.3. The van der Waals surface area contributed by atoms with E-state index in [-0.39, 0.29) is 42.8 Å². The number of Topliss-reactive ketones (excluding diaryl/α,β-unsaturated/α-hetero) is 1. The van der Waals surface area contributed by atoms with Gasteiger partial charge in [-0.25, -0.2) is 12.8 Å². The standard InChI is InChI=1S/C25H24FNO5S/c1-18(28)21-6-8-24(9-7-21)33(29,30)27-11-12-32-25-10-5-20(13-22(25)15-27)17-31-16-19-3-2-4-23(26)14-19/h2-10,13-14H,11-12,15-17H2,1H3. The second kappa shape index (κ2) is 9.82. The molecule has 1 aliphatic heterocycles. The molecule has 1 heterocycles. The molecule has 6 nitrogen and oxygen atoms in total. The van der Waals surface area contributed by atoms with Crippen molar-refractivity contribution in [1.29, 1.82) is 0 Å². The third-order valence-corrected chi connectivity index (χ3v) is 7.25. The van der Waals surface area contributed by atoms with Crippen LogP contribution in [0.3, 0.4) is 0 Å². The van der Waals surface area contributed by atoms with Crippen LogP contribution < -0.4 is 4.74 Å². The molecular formula is C25H24FNO5S. The van der Waals surface area contributed by atoms with Crippen molar-refractivity contribution >= 4 is 15.8 Å². The number of ketones is 1. The van der Waals surface area contributed by atoms with Crippen LogP contribution in [-0.2, 0) is 34.5 Å². The van der Waals surface area contributed by atoms with E-state index in [1.165, 1.54) is 47.6 Å². The molecular weight excluding hydrogens is 445 g/mol. The first-order valence-electron chi connectivity index (χ1n) is 10.5. The van der Waals surface area contributed by atoms with Crippen LogP contribution in [0.5, 0.6) is 5.75 Å². The fourth-order valence-corrected chi connectivity index (χ4v) is 5.04. The van der Waals surface area contributed by atoms with Crippen LogP contribution in [-0.4, -0.2) is 31.7 Å². The van der Waals surface area contributed by atoms with Crippen molar-refractivity contribution in [2.24, 2.45) is 0 Å². The Labute approximate surface area is 192 Å². The molecule has 0 spiro atoms. The van der Waals surface area contributed by atoms with E-state index in [0.717, 1.165) is 16.7 Å². The number of nitrogens with zero attached hydrogens (tertiary/aromatic N) is 1. The summed E-state index contributed by atoms with van der Waals surface area (Å²) in [5.74, 6) is 0.201. The highest BCUT2D eigenvalue weighted by atomic mass is 32.2. The maximum atomic E-state index is 13.3. The summed E-state index contributed by atoms with van der Waals surface area (Å²) in [4.78, 5) is 11.6. The van der Waals surface area contributed by atoms with Gasteiger partial charge in [-0.1, -0.05) is 30.3 Å². The first kappa shape index (κ1) is 23.1. The topological polar surface area (TPSA) is 72.9 Å². The highest BCUT2D eigenvalue weighted by molar-refractivity contribution is 7.89. The third-order valence-electron chi connectivity index (χ3n) is 5.39. The van der Waals surface area contributed by atoms with Gasteiger partial charge < -0.3 is 9.47 Å². The molecule has 0 radical (unpaired) electrons. The van der Waals surface area contributed by atoms with Crippen molar-refractivity contribution in [3.8, 4) is 5.75 Å². The van der Waals surface area contributed by atoms with E-state index in [0.29, 0.717) is 17.9 Å². The van der Waals surface area contributed by atoms with Crippen LogP contribution >= 0.6 is 0 Å². The van der Waals surface area contributed by atoms with Gasteiger partial charge in [-0.3, -0.25) is 4.79 Å². The molecule has 0 bridgehead atoms. The van der Waals surface area contributed by atoms with Gasteiger partial charge in [-0.2, -0.15) is 4.31 Å². The summed E-state index contributed by atoms with van der Waals surface area (Å²) in [6, 6.07) is 17.7. The smallest absolute Gasteiger partial charge is 0.243 e. The molecule has 172 valence electrons. The SMILES string of the molecule is CC(=O)c1ccc(S(=O)(=O)N2CCOc3ccc(COCc4cccc(F)c4)cc3C2)cc1. The minimum absolute atomic E-state index is 0.122. The van der Waals surface area contributed by atoms with Crippen LogP contribution in [0.25, 0.3) is 0 Å². The lowest BCUT2D eigenvalue weighted by molar-refractivity contribution is 0.101. The lowest BCUT2D eigenvalue weighted by Gasteiger charge is -2.20. The van der Waals surface area contributed by atoms with E-state index in [1.807, 2.05) is 18.2 Å². The van der Waals surface area contributed by atoms with Gasteiger partial charge in [-0.15, -0.1) is 0 Å². The van der Waals surface area contributed by atoms with Gasteiger partial charge in [-0.05, 0) is 54.4 Å². The van der Waals surface area contributed by atoms with Crippen molar-refractivity contribution in [2.75, 3.05) is 13.2 Å². The fourth-order valence-electron chi connectivity index (χ4n) is 3.64. The number of carbonyl (C=O) groups is 1. The van der Waals surface area contributed by atoms with E-state index in [9.17, 15) is 17.6 Å². The van der Waals surface area contributed by atoms with Crippen molar-refractivity contribution in [3.05, 3.63) is 94.8 Å². The Balaban J connectivity index is 1.48. The zero-order valence-corrected chi connectivity index (χ0v) is 19.0. The van der Waals surface area contributed by atoms with Crippen LogP contribution in [0.4, 0.5) is 4.39 Å². The van der Waals surface area contributed by atoms with E-state index in [1.54, 1.807) is 12.1 Å². The van der Waals surface area contributed by atoms with Gasteiger partial charge in [0.05, 0.1) is 18.1 Å². The molecule has 0 amide bonds. The molecule has 3 aromatic carbocycles. The zero-order valence-electron chi connectivity index (χ0n) is 18.2. The molecule has 3 aromatic rings. The number of fused-ring (bicyclic) bond motifs is 1. The summed E-state index contributed by atoms with van der Waals surface area (Å²) in [7, 11) is -3.77. The van der Waals surface area contributed by atoms with Gasteiger partial charge >= 0.3 is 0 Å². The van der Waals surface area contributed by atoms with E-state index in [2.05, 4.69) is 0 Å². The molecule has 0 atom stereocenters. The number of halogens is 1. The van der Waals surface area contributed by atoms with Crippen molar-refractivity contribution < 1.29 is 27.1 Å². The highest BCUT2D eigenvalue weighted by Gasteiger charge is 2.28. The van der Waals surface area contributed by atoms with E-state index >= 15 is 0 Å². The average molecular weight is 470 g/mol. The second-order valence-electron chi connectivity index (χ2n) is 7.83. The number of hydrogen-bond donors (Lipinski definition) is 0. The fraction of sp³-hybridized carbons (Fsp3) is 0.240. The van der Waals surface area contributed by atoms with Crippen LogP contribution in [0.2, 0.25) is 0 Å². The van der Waals surface area contributed by atoms with Gasteiger partial charge in [0.25, 0.3) is 0 Å². The minimum atomic E-state index is -3.77. The first-order valence-corrected chi connectivity index (χ1v) is 11.9. The molecule has 0 fully saturated rings. The number of hydrogen-bond acceptors (Lipinski definition) is 5. The lowest BCUT2D eigenvalue weighted by atomic mass is 10.1. The summed E-state index contributed by atoms with van der Waals surface area (Å²) in [6.45, 7) is 2.59. The summed E-state index contributed by atoms with van der Waals surface area (Å²) in [5.41, 5.74) is 2.80. The summed E-state index contributed by atoms with van der Waals surface area (Å²) in [5, 5.41) is 0. The quantitative estimate of drug-likeness (QED) is 0.482. The predicted octanol–water partition coefficient (Wildman–Crippen LogP) is 4.33. The third kappa shape index (κ3) is 5.47. The molecule has 0 aliphatic carbocycles. The first-order chi connectivity index (χ1) is 15.8. The van der Waals surface area contributed by atoms with Gasteiger partial charge in [0.2, 0.25) is 10.0 Å². The molecule has 0 unspecified atom stereocenters. The second-order valence-corrected chi connectivity index (χ2v) is 9.77. The van der Waals surface area contributed by atoms with Gasteiger partial charge in [0.1, 0.15) is 18.2 Å². The molecule has 1 aliphatic rings. The van der Waals surface area contributed by atoms with Crippen molar-refractivity contribution in [2.45, 2.75) is 31.6 Å². The van der Waals surface area contributed by atoms with E-state index in [4.69, 9.17) is 9.47 Å². The highest BCUT2D eigenvalue weighted by Crippen LogP contribution is 2.28. The molecule has 8 heteroatoms. The normalized spacial score (nSPS) is 14.2. The average Bonchev–Trinajstić information content (AvgIpc) is 3.02. The molecule has 0 saturated heterocycles. The Morgan fingerprint density at radius 1 is 1.03 bits per heavy atom. The van der Waals surface area contributed by atoms with E-state index < -0.39 is 10.0 Å². The Morgan fingerprint density at radius 2 is 1.76 bits per heavy atom. The Kier molecular flexibility index (Phi) is 6.88. The molecule has 33 heavy (non-hydrogen) atoms. The molecule has 4 rings (SSSR count). The Bertz CT molecular complexity index is 1260. The minimum Gasteiger partial charge on any atom is -0.492 e. The summed E-state index contributed by atoms with van der Waals surface area (Å²) >= 11 is 0. The zero-order chi connectivity index (χ0) is 23.4. The molecule has 0 aromatic heterocycles.